The van der Waals surface area contributed by atoms with Gasteiger partial charge in [-0.3, -0.25) is 14.8 Å². The molecule has 0 unspecified atom stereocenters. The number of benzene rings is 2. The van der Waals surface area contributed by atoms with Gasteiger partial charge in [0.1, 0.15) is 0 Å². The fraction of sp³-hybridized carbons (Fsp3) is 0.167. The van der Waals surface area contributed by atoms with Gasteiger partial charge in [-0.25, -0.2) is 0 Å². The third-order valence-corrected chi connectivity index (χ3v) is 3.99. The van der Waals surface area contributed by atoms with Crippen LogP contribution in [0.25, 0.3) is 21.7 Å². The number of fused-ring (bicyclic) bond motifs is 5. The molecule has 3 heteroatoms. The van der Waals surface area contributed by atoms with Gasteiger partial charge in [0.2, 0.25) is 0 Å². The van der Waals surface area contributed by atoms with Crippen LogP contribution in [0, 0.1) is 6.92 Å². The van der Waals surface area contributed by atoms with Crippen molar-refractivity contribution in [2.24, 2.45) is 4.99 Å². The maximum Gasteiger partial charge on any atom is 0.170 e. The van der Waals surface area contributed by atoms with Crippen molar-refractivity contribution in [1.82, 2.24) is 4.98 Å². The summed E-state index contributed by atoms with van der Waals surface area (Å²) in [5.74, 6) is 0.150. The fourth-order valence-corrected chi connectivity index (χ4v) is 2.98. The second-order valence-corrected chi connectivity index (χ2v) is 5.59. The summed E-state index contributed by atoms with van der Waals surface area (Å²) in [7, 11) is 0. The van der Waals surface area contributed by atoms with Crippen molar-refractivity contribution in [2.75, 3.05) is 0 Å². The second kappa shape index (κ2) is 4.22. The average molecular weight is 274 g/mol. The number of pyridine rings is 1. The van der Waals surface area contributed by atoms with Crippen LogP contribution in [0.15, 0.2) is 41.4 Å². The molecule has 4 rings (SSSR count). The standard InChI is InChI=1S/C18H14N2O/c1-10-3-4-12-5-6-14-13(17(12)19-10)7-8-15-16(21)9-11(2)20-18(14)15/h3-8H,9H2,1-2H3. The molecular formula is C18H14N2O. The number of carbonyl (C=O) groups is 1. The maximum atomic E-state index is 12.2. The largest absolute Gasteiger partial charge is 0.294 e. The van der Waals surface area contributed by atoms with Crippen LogP contribution in [-0.2, 0) is 0 Å². The Balaban J connectivity index is 2.18. The number of rotatable bonds is 0. The molecule has 3 nitrogen and oxygen atoms in total. The molecule has 0 N–H and O–H groups in total. The van der Waals surface area contributed by atoms with Gasteiger partial charge < -0.3 is 0 Å². The molecule has 0 fully saturated rings. The molecule has 0 radical (unpaired) electrons. The van der Waals surface area contributed by atoms with Gasteiger partial charge >= 0.3 is 0 Å². The van der Waals surface area contributed by atoms with E-state index in [1.165, 1.54) is 0 Å². The van der Waals surface area contributed by atoms with Crippen LogP contribution >= 0.6 is 0 Å². The number of aliphatic imine (C=N–C) groups is 1. The predicted molar refractivity (Wildman–Crippen MR) is 85.7 cm³/mol. The molecule has 0 spiro atoms. The molecule has 1 aliphatic rings. The van der Waals surface area contributed by atoms with Crippen molar-refractivity contribution < 1.29 is 4.79 Å². The normalized spacial score (nSPS) is 14.4. The highest BCUT2D eigenvalue weighted by molar-refractivity contribution is 6.21. The number of hydrogen-bond acceptors (Lipinski definition) is 3. The lowest BCUT2D eigenvalue weighted by Gasteiger charge is -2.15. The zero-order valence-electron chi connectivity index (χ0n) is 12.0. The summed E-state index contributed by atoms with van der Waals surface area (Å²) in [6, 6.07) is 12.1. The molecule has 0 aliphatic carbocycles. The highest BCUT2D eigenvalue weighted by Crippen LogP contribution is 2.36. The van der Waals surface area contributed by atoms with Crippen molar-refractivity contribution in [3.8, 4) is 0 Å². The summed E-state index contributed by atoms with van der Waals surface area (Å²) in [5, 5.41) is 3.17. The Morgan fingerprint density at radius 2 is 1.71 bits per heavy atom. The number of aryl methyl sites for hydroxylation is 1. The summed E-state index contributed by atoms with van der Waals surface area (Å²) in [5.41, 5.74) is 4.36. The Kier molecular flexibility index (Phi) is 2.45. The molecule has 0 saturated heterocycles. The highest BCUT2D eigenvalue weighted by atomic mass is 16.1. The fourth-order valence-electron chi connectivity index (χ4n) is 2.98. The lowest BCUT2D eigenvalue weighted by atomic mass is 9.95. The lowest BCUT2D eigenvalue weighted by Crippen LogP contribution is -2.10. The molecule has 3 aromatic rings. The zero-order valence-corrected chi connectivity index (χ0v) is 12.0. The van der Waals surface area contributed by atoms with Crippen LogP contribution in [0.3, 0.4) is 0 Å². The van der Waals surface area contributed by atoms with Gasteiger partial charge in [0.25, 0.3) is 0 Å². The molecule has 0 saturated carbocycles. The Hall–Kier alpha value is -2.55. The van der Waals surface area contributed by atoms with Crippen molar-refractivity contribution >= 4 is 38.9 Å². The average Bonchev–Trinajstić information content (AvgIpc) is 2.46. The van der Waals surface area contributed by atoms with Gasteiger partial charge in [-0.2, -0.15) is 0 Å². The first-order valence-corrected chi connectivity index (χ1v) is 7.04. The Labute approximate surface area is 122 Å². The van der Waals surface area contributed by atoms with Crippen molar-refractivity contribution in [3.63, 3.8) is 0 Å². The minimum absolute atomic E-state index is 0.150. The number of nitrogens with zero attached hydrogens (tertiary/aromatic N) is 2. The van der Waals surface area contributed by atoms with E-state index in [-0.39, 0.29) is 5.78 Å². The van der Waals surface area contributed by atoms with Crippen molar-refractivity contribution in [1.29, 1.82) is 0 Å². The second-order valence-electron chi connectivity index (χ2n) is 5.59. The first kappa shape index (κ1) is 12.2. The summed E-state index contributed by atoms with van der Waals surface area (Å²) >= 11 is 0. The van der Waals surface area contributed by atoms with E-state index in [0.29, 0.717) is 6.42 Å². The van der Waals surface area contributed by atoms with E-state index in [1.54, 1.807) is 0 Å². The van der Waals surface area contributed by atoms with E-state index in [0.717, 1.165) is 44.3 Å². The lowest BCUT2D eigenvalue weighted by molar-refractivity contribution is 0.1000. The van der Waals surface area contributed by atoms with Gasteiger partial charge in [0.05, 0.1) is 11.2 Å². The zero-order chi connectivity index (χ0) is 14.6. The van der Waals surface area contributed by atoms with Crippen molar-refractivity contribution in [2.45, 2.75) is 20.3 Å². The van der Waals surface area contributed by atoms with Gasteiger partial charge in [-0.05, 0) is 26.0 Å². The molecule has 2 heterocycles. The van der Waals surface area contributed by atoms with Crippen molar-refractivity contribution in [3.05, 3.63) is 47.7 Å². The molecule has 21 heavy (non-hydrogen) atoms. The van der Waals surface area contributed by atoms with E-state index in [9.17, 15) is 4.79 Å². The van der Waals surface area contributed by atoms with Gasteiger partial charge in [0, 0.05) is 39.5 Å². The van der Waals surface area contributed by atoms with Gasteiger partial charge in [0.15, 0.2) is 5.78 Å². The molecular weight excluding hydrogens is 260 g/mol. The third kappa shape index (κ3) is 1.77. The summed E-state index contributed by atoms with van der Waals surface area (Å²) in [4.78, 5) is 21.4. The van der Waals surface area contributed by atoms with Crippen LogP contribution in [0.2, 0.25) is 0 Å². The number of hydrogen-bond donors (Lipinski definition) is 0. The SMILES string of the molecule is CC1=Nc2c(ccc3c2ccc2ccc(C)nc23)C(=O)C1. The molecule has 102 valence electrons. The first-order chi connectivity index (χ1) is 10.1. The van der Waals surface area contributed by atoms with E-state index < -0.39 is 0 Å². The van der Waals surface area contributed by atoms with Gasteiger partial charge in [-0.1, -0.05) is 24.3 Å². The van der Waals surface area contributed by atoms with Gasteiger partial charge in [-0.15, -0.1) is 0 Å². The quantitative estimate of drug-likeness (QED) is 0.571. The van der Waals surface area contributed by atoms with Crippen LogP contribution < -0.4 is 0 Å². The maximum absolute atomic E-state index is 12.2. The first-order valence-electron chi connectivity index (χ1n) is 7.04. The van der Waals surface area contributed by atoms with E-state index >= 15 is 0 Å². The number of ketones is 1. The molecule has 0 bridgehead atoms. The van der Waals surface area contributed by atoms with Crippen LogP contribution in [0.5, 0.6) is 0 Å². The van der Waals surface area contributed by atoms with E-state index in [1.807, 2.05) is 44.2 Å². The topological polar surface area (TPSA) is 42.3 Å². The molecule has 1 aliphatic heterocycles. The Morgan fingerprint density at radius 3 is 2.57 bits per heavy atom. The Morgan fingerprint density at radius 1 is 0.952 bits per heavy atom. The molecule has 1 aromatic heterocycles. The minimum atomic E-state index is 0.150. The highest BCUT2D eigenvalue weighted by Gasteiger charge is 2.20. The van der Waals surface area contributed by atoms with Crippen LogP contribution in [-0.4, -0.2) is 16.5 Å². The smallest absolute Gasteiger partial charge is 0.170 e. The molecule has 0 atom stereocenters. The minimum Gasteiger partial charge on any atom is -0.294 e. The van der Waals surface area contributed by atoms with E-state index in [4.69, 9.17) is 0 Å². The summed E-state index contributed by atoms with van der Waals surface area (Å²) < 4.78 is 0. The summed E-state index contributed by atoms with van der Waals surface area (Å²) in [6.45, 7) is 3.89. The van der Waals surface area contributed by atoms with Crippen LogP contribution in [0.4, 0.5) is 5.69 Å². The van der Waals surface area contributed by atoms with E-state index in [2.05, 4.69) is 16.0 Å². The Bertz CT molecular complexity index is 954. The third-order valence-electron chi connectivity index (χ3n) is 3.99. The number of carbonyl (C=O) groups excluding carboxylic acids is 1. The molecule has 0 amide bonds. The van der Waals surface area contributed by atoms with Crippen LogP contribution in [0.1, 0.15) is 29.4 Å². The number of aromatic nitrogens is 1. The monoisotopic (exact) mass is 274 g/mol. The summed E-state index contributed by atoms with van der Waals surface area (Å²) in [6.07, 6.45) is 0.420. The molecule has 2 aromatic carbocycles. The predicted octanol–water partition coefficient (Wildman–Crippen LogP) is 4.38. The number of Topliss-reactive ketones (excluding diaryl/α,β-unsaturated/α-hetero) is 1.